The molecule has 1 aromatic heterocycles. The molecule has 3 atom stereocenters. The number of carbonyl (C=O) groups is 1. The zero-order valence-corrected chi connectivity index (χ0v) is 22.7. The van der Waals surface area contributed by atoms with Crippen LogP contribution in [-0.2, 0) is 0 Å². The van der Waals surface area contributed by atoms with Crippen LogP contribution >= 0.6 is 0 Å². The van der Waals surface area contributed by atoms with Crippen LogP contribution in [0.4, 0.5) is 17.3 Å². The van der Waals surface area contributed by atoms with E-state index < -0.39 is 5.97 Å². The maximum atomic E-state index is 11.9. The molecule has 0 aromatic carbocycles. The van der Waals surface area contributed by atoms with Crippen molar-refractivity contribution in [3.05, 3.63) is 5.82 Å². The summed E-state index contributed by atoms with van der Waals surface area (Å²) in [6.45, 7) is 8.88. The highest BCUT2D eigenvalue weighted by Crippen LogP contribution is 2.40. The number of anilines is 2. The number of rotatable bonds is 10. The fourth-order valence-corrected chi connectivity index (χ4v) is 7.34. The summed E-state index contributed by atoms with van der Waals surface area (Å²) < 4.78 is 0. The monoisotopic (exact) mass is 510 g/mol. The molecule has 0 amide bonds. The Morgan fingerprint density at radius 3 is 2.49 bits per heavy atom. The van der Waals surface area contributed by atoms with Crippen molar-refractivity contribution in [2.75, 3.05) is 30.0 Å². The molecule has 8 nitrogen and oxygen atoms in total. The number of likely N-dealkylation sites (tertiary alicyclic amines) is 1. The van der Waals surface area contributed by atoms with Gasteiger partial charge >= 0.3 is 5.97 Å². The van der Waals surface area contributed by atoms with Crippen molar-refractivity contribution in [2.45, 2.75) is 109 Å². The average molecular weight is 511 g/mol. The Bertz CT molecular complexity index is 943. The van der Waals surface area contributed by atoms with E-state index >= 15 is 0 Å². The number of aliphatic imine (C=N–C) groups is 1. The Balaban J connectivity index is 1.50. The van der Waals surface area contributed by atoms with Gasteiger partial charge < -0.3 is 15.3 Å². The van der Waals surface area contributed by atoms with Crippen LogP contribution in [0.2, 0.25) is 0 Å². The molecule has 1 saturated heterocycles. The SMILES string of the molecule is C=Nc1nc(C(=O)O)nc(N[C@H](C)C2CCC2)c1N(CC1CCCCC1)CN1CCCC2CCCCC21. The molecule has 0 spiro atoms. The number of nitrogens with one attached hydrogen (secondary N) is 1. The van der Waals surface area contributed by atoms with Gasteiger partial charge in [0.05, 0.1) is 6.67 Å². The van der Waals surface area contributed by atoms with Gasteiger partial charge in [0.2, 0.25) is 5.82 Å². The Morgan fingerprint density at radius 2 is 1.78 bits per heavy atom. The molecule has 5 rings (SSSR count). The summed E-state index contributed by atoms with van der Waals surface area (Å²) in [5.41, 5.74) is 0.842. The van der Waals surface area contributed by atoms with Crippen molar-refractivity contribution in [1.29, 1.82) is 0 Å². The molecule has 4 fully saturated rings. The van der Waals surface area contributed by atoms with Crippen molar-refractivity contribution in [1.82, 2.24) is 14.9 Å². The fraction of sp³-hybridized carbons (Fsp3) is 0.793. The second kappa shape index (κ2) is 12.1. The maximum absolute atomic E-state index is 11.9. The third kappa shape index (κ3) is 6.10. The molecular formula is C29H46N6O2. The quantitative estimate of drug-likeness (QED) is 0.367. The molecule has 1 aromatic rings. The van der Waals surface area contributed by atoms with E-state index in [9.17, 15) is 9.90 Å². The van der Waals surface area contributed by atoms with Gasteiger partial charge in [0.1, 0.15) is 5.69 Å². The summed E-state index contributed by atoms with van der Waals surface area (Å²) in [7, 11) is 0. The van der Waals surface area contributed by atoms with Crippen LogP contribution in [0.5, 0.6) is 0 Å². The summed E-state index contributed by atoms with van der Waals surface area (Å²) in [6, 6.07) is 0.858. The first-order valence-corrected chi connectivity index (χ1v) is 14.9. The molecule has 3 aliphatic carbocycles. The topological polar surface area (TPSA) is 93.9 Å². The molecule has 2 N–H and O–H groups in total. The molecule has 2 heterocycles. The minimum absolute atomic E-state index is 0.211. The van der Waals surface area contributed by atoms with Crippen LogP contribution < -0.4 is 10.2 Å². The predicted octanol–water partition coefficient (Wildman–Crippen LogP) is 6.11. The number of carboxylic acids is 1. The van der Waals surface area contributed by atoms with Crippen LogP contribution in [0.3, 0.4) is 0 Å². The molecule has 0 radical (unpaired) electrons. The maximum Gasteiger partial charge on any atom is 0.374 e. The minimum Gasteiger partial charge on any atom is -0.475 e. The fourth-order valence-electron chi connectivity index (χ4n) is 7.34. The van der Waals surface area contributed by atoms with Crippen LogP contribution in [0, 0.1) is 17.8 Å². The molecule has 4 aliphatic rings. The Labute approximate surface area is 222 Å². The summed E-state index contributed by atoms with van der Waals surface area (Å²) >= 11 is 0. The van der Waals surface area contributed by atoms with Gasteiger partial charge in [0, 0.05) is 25.2 Å². The zero-order chi connectivity index (χ0) is 25.8. The lowest BCUT2D eigenvalue weighted by Crippen LogP contribution is -2.52. The minimum atomic E-state index is -1.13. The van der Waals surface area contributed by atoms with Crippen LogP contribution in [0.15, 0.2) is 4.99 Å². The van der Waals surface area contributed by atoms with E-state index in [2.05, 4.69) is 43.7 Å². The van der Waals surface area contributed by atoms with Gasteiger partial charge in [-0.15, -0.1) is 0 Å². The van der Waals surface area contributed by atoms with Gasteiger partial charge in [-0.3, -0.25) is 4.90 Å². The normalized spacial score (nSPS) is 26.1. The number of carboxylic acid groups (broad SMARTS) is 1. The number of aromatic carboxylic acids is 1. The van der Waals surface area contributed by atoms with Gasteiger partial charge in [-0.1, -0.05) is 38.5 Å². The number of hydrogen-bond acceptors (Lipinski definition) is 7. The van der Waals surface area contributed by atoms with E-state index in [-0.39, 0.29) is 11.9 Å². The Kier molecular flexibility index (Phi) is 8.63. The molecule has 0 bridgehead atoms. The van der Waals surface area contributed by atoms with Crippen LogP contribution in [0.1, 0.15) is 107 Å². The molecule has 8 heteroatoms. The number of aromatic nitrogens is 2. The van der Waals surface area contributed by atoms with E-state index in [1.165, 1.54) is 89.9 Å². The average Bonchev–Trinajstić information content (AvgIpc) is 2.87. The lowest BCUT2D eigenvalue weighted by molar-refractivity contribution is 0.0600. The second-order valence-corrected chi connectivity index (χ2v) is 12.1. The van der Waals surface area contributed by atoms with Gasteiger partial charge in [0.25, 0.3) is 0 Å². The molecule has 1 aliphatic heterocycles. The first kappa shape index (κ1) is 26.4. The van der Waals surface area contributed by atoms with Crippen LogP contribution in [0.25, 0.3) is 0 Å². The van der Waals surface area contributed by atoms with Gasteiger partial charge in [-0.25, -0.2) is 19.8 Å². The third-order valence-electron chi connectivity index (χ3n) is 9.66. The highest BCUT2D eigenvalue weighted by Gasteiger charge is 2.36. The van der Waals surface area contributed by atoms with E-state index in [1.807, 2.05) is 0 Å². The van der Waals surface area contributed by atoms with Gasteiger partial charge in [-0.05, 0) is 82.8 Å². The first-order chi connectivity index (χ1) is 18.0. The largest absolute Gasteiger partial charge is 0.475 e. The lowest BCUT2D eigenvalue weighted by atomic mass is 9.78. The van der Waals surface area contributed by atoms with Gasteiger partial charge in [0.15, 0.2) is 11.6 Å². The first-order valence-electron chi connectivity index (χ1n) is 14.9. The number of fused-ring (bicyclic) bond motifs is 1. The van der Waals surface area contributed by atoms with Crippen LogP contribution in [-0.4, -0.2) is 64.5 Å². The zero-order valence-electron chi connectivity index (χ0n) is 22.7. The standard InChI is InChI=1S/C29H46N6O2/c1-20(22-13-8-14-22)31-27-25(26(30-2)32-28(33-27)29(36)37)35(18-21-10-4-3-5-11-21)19-34-17-9-15-23-12-6-7-16-24(23)34/h20-24H,2-19H2,1H3,(H,36,37)(H,31,32,33)/t20-,23?,24?/m1/s1. The molecule has 37 heavy (non-hydrogen) atoms. The predicted molar refractivity (Wildman–Crippen MR) is 149 cm³/mol. The summed E-state index contributed by atoms with van der Waals surface area (Å²) in [5.74, 6) is 1.68. The Morgan fingerprint density at radius 1 is 1.05 bits per heavy atom. The lowest BCUT2D eigenvalue weighted by Gasteiger charge is -2.47. The van der Waals surface area contributed by atoms with E-state index in [0.29, 0.717) is 29.5 Å². The summed E-state index contributed by atoms with van der Waals surface area (Å²) in [6.07, 6.45) is 18.0. The van der Waals surface area contributed by atoms with E-state index in [0.717, 1.165) is 31.4 Å². The highest BCUT2D eigenvalue weighted by molar-refractivity contribution is 5.87. The van der Waals surface area contributed by atoms with Crippen molar-refractivity contribution in [3.63, 3.8) is 0 Å². The molecule has 2 unspecified atom stereocenters. The molecule has 3 saturated carbocycles. The van der Waals surface area contributed by atoms with Gasteiger partial charge in [-0.2, -0.15) is 0 Å². The van der Waals surface area contributed by atoms with E-state index in [1.54, 1.807) is 0 Å². The van der Waals surface area contributed by atoms with Crippen molar-refractivity contribution in [2.24, 2.45) is 22.7 Å². The summed E-state index contributed by atoms with van der Waals surface area (Å²) in [4.78, 5) is 30.3. The highest BCUT2D eigenvalue weighted by atomic mass is 16.4. The molecule has 204 valence electrons. The van der Waals surface area contributed by atoms with E-state index in [4.69, 9.17) is 0 Å². The van der Waals surface area contributed by atoms with Crippen molar-refractivity contribution < 1.29 is 9.90 Å². The number of nitrogens with zero attached hydrogens (tertiary/aromatic N) is 5. The Hall–Kier alpha value is -2.22. The number of hydrogen-bond donors (Lipinski definition) is 2. The van der Waals surface area contributed by atoms with Crippen molar-refractivity contribution in [3.8, 4) is 0 Å². The third-order valence-corrected chi connectivity index (χ3v) is 9.66. The molecular weight excluding hydrogens is 464 g/mol. The summed E-state index contributed by atoms with van der Waals surface area (Å²) in [5, 5.41) is 13.4. The number of piperidine rings is 1. The van der Waals surface area contributed by atoms with Crippen molar-refractivity contribution >= 4 is 30.0 Å². The smallest absolute Gasteiger partial charge is 0.374 e. The second-order valence-electron chi connectivity index (χ2n) is 12.1.